The number of benzene rings is 2. The van der Waals surface area contributed by atoms with E-state index in [1.54, 1.807) is 23.1 Å². The number of aromatic nitrogens is 2. The van der Waals surface area contributed by atoms with Crippen LogP contribution in [0.1, 0.15) is 31.1 Å². The molecule has 0 spiro atoms. The van der Waals surface area contributed by atoms with Gasteiger partial charge in [-0.3, -0.25) is 14.6 Å². The minimum absolute atomic E-state index is 0.101. The first kappa shape index (κ1) is 28.7. The maximum Gasteiger partial charge on any atom is 0.410 e. The number of para-hydroxylation sites is 1. The van der Waals surface area contributed by atoms with Gasteiger partial charge in [-0.05, 0) is 57.2 Å². The van der Waals surface area contributed by atoms with Gasteiger partial charge >= 0.3 is 6.09 Å². The van der Waals surface area contributed by atoms with Gasteiger partial charge in [0.25, 0.3) is 5.91 Å². The summed E-state index contributed by atoms with van der Waals surface area (Å²) in [5, 5.41) is 13.7. The SMILES string of the molecule is CC(C)(C)OC(=O)N1CCN(c2ccc(Nc3ncc4c(n3)OCN(c3c(Cl)cccc3Cl)C4=O)cc2)CC1CO. The van der Waals surface area contributed by atoms with E-state index in [1.807, 2.05) is 45.0 Å². The second kappa shape index (κ2) is 11.6. The monoisotopic (exact) mass is 600 g/mol. The van der Waals surface area contributed by atoms with Crippen molar-refractivity contribution in [2.75, 3.05) is 48.1 Å². The number of rotatable bonds is 5. The number of aliphatic hydroxyl groups excluding tert-OH is 1. The number of fused-ring (bicyclic) bond motifs is 1. The molecule has 0 aliphatic carbocycles. The van der Waals surface area contributed by atoms with Crippen LogP contribution in [-0.4, -0.2) is 76.6 Å². The molecule has 1 atom stereocenters. The number of amides is 2. The van der Waals surface area contributed by atoms with Crippen LogP contribution in [0, 0.1) is 0 Å². The average molecular weight is 601 g/mol. The number of aliphatic hydroxyl groups is 1. The van der Waals surface area contributed by atoms with E-state index in [2.05, 4.69) is 20.2 Å². The zero-order valence-electron chi connectivity index (χ0n) is 22.8. The van der Waals surface area contributed by atoms with E-state index >= 15 is 0 Å². The van der Waals surface area contributed by atoms with E-state index in [0.717, 1.165) is 11.4 Å². The molecule has 1 unspecified atom stereocenters. The minimum atomic E-state index is -0.606. The number of carbonyl (C=O) groups excluding carboxylic acids is 2. The predicted octanol–water partition coefficient (Wildman–Crippen LogP) is 4.94. The van der Waals surface area contributed by atoms with Crippen molar-refractivity contribution in [2.45, 2.75) is 32.4 Å². The Bertz CT molecular complexity index is 1430. The predicted molar refractivity (Wildman–Crippen MR) is 157 cm³/mol. The Kier molecular flexibility index (Phi) is 8.12. The highest BCUT2D eigenvalue weighted by atomic mass is 35.5. The third kappa shape index (κ3) is 6.27. The summed E-state index contributed by atoms with van der Waals surface area (Å²) >= 11 is 12.6. The molecule has 0 radical (unpaired) electrons. The fourth-order valence-corrected chi connectivity index (χ4v) is 5.22. The Morgan fingerprint density at radius 3 is 2.51 bits per heavy atom. The van der Waals surface area contributed by atoms with Crippen molar-refractivity contribution in [2.24, 2.45) is 0 Å². The van der Waals surface area contributed by atoms with Gasteiger partial charge < -0.3 is 24.8 Å². The Labute approximate surface area is 247 Å². The van der Waals surface area contributed by atoms with Gasteiger partial charge in [-0.15, -0.1) is 0 Å². The molecule has 2 N–H and O–H groups in total. The molecule has 1 fully saturated rings. The van der Waals surface area contributed by atoms with Crippen LogP contribution >= 0.6 is 23.2 Å². The molecule has 1 saturated heterocycles. The lowest BCUT2D eigenvalue weighted by Gasteiger charge is -2.42. The largest absolute Gasteiger partial charge is 0.455 e. The number of anilines is 4. The second-order valence-electron chi connectivity index (χ2n) is 10.6. The summed E-state index contributed by atoms with van der Waals surface area (Å²) in [4.78, 5) is 39.4. The Hall–Kier alpha value is -3.80. The highest BCUT2D eigenvalue weighted by molar-refractivity contribution is 6.40. The molecular weight excluding hydrogens is 571 g/mol. The fourth-order valence-electron chi connectivity index (χ4n) is 4.62. The molecule has 5 rings (SSSR count). The average Bonchev–Trinajstić information content (AvgIpc) is 2.93. The van der Waals surface area contributed by atoms with Crippen LogP contribution in [0.15, 0.2) is 48.7 Å². The van der Waals surface area contributed by atoms with Crippen molar-refractivity contribution in [3.8, 4) is 5.88 Å². The molecule has 1 aromatic heterocycles. The maximum atomic E-state index is 13.1. The van der Waals surface area contributed by atoms with Gasteiger partial charge in [0.2, 0.25) is 11.8 Å². The molecule has 2 amide bonds. The summed E-state index contributed by atoms with van der Waals surface area (Å²) in [5.41, 5.74) is 1.62. The molecule has 216 valence electrons. The molecule has 41 heavy (non-hydrogen) atoms. The van der Waals surface area contributed by atoms with Gasteiger partial charge in [0.15, 0.2) is 6.73 Å². The summed E-state index contributed by atoms with van der Waals surface area (Å²) in [7, 11) is 0. The summed E-state index contributed by atoms with van der Waals surface area (Å²) < 4.78 is 11.2. The van der Waals surface area contributed by atoms with Crippen LogP contribution in [0.4, 0.5) is 27.8 Å². The number of nitrogens with one attached hydrogen (secondary N) is 1. The van der Waals surface area contributed by atoms with Crippen LogP contribution in [0.3, 0.4) is 0 Å². The molecule has 2 aliphatic rings. The molecule has 0 saturated carbocycles. The lowest BCUT2D eigenvalue weighted by atomic mass is 10.1. The van der Waals surface area contributed by atoms with Gasteiger partial charge in [0.1, 0.15) is 11.2 Å². The molecule has 13 heteroatoms. The Morgan fingerprint density at radius 1 is 1.15 bits per heavy atom. The van der Waals surface area contributed by atoms with E-state index in [-0.39, 0.29) is 42.7 Å². The molecular formula is C28H30Cl2N6O5. The van der Waals surface area contributed by atoms with E-state index < -0.39 is 11.7 Å². The number of hydrogen-bond donors (Lipinski definition) is 2. The van der Waals surface area contributed by atoms with E-state index in [0.29, 0.717) is 35.4 Å². The normalized spacial score (nSPS) is 17.2. The first-order valence-corrected chi connectivity index (χ1v) is 13.8. The smallest absolute Gasteiger partial charge is 0.410 e. The maximum absolute atomic E-state index is 13.1. The van der Waals surface area contributed by atoms with Crippen LogP contribution < -0.4 is 19.9 Å². The summed E-state index contributed by atoms with van der Waals surface area (Å²) in [6.07, 6.45) is 0.976. The number of halogens is 2. The minimum Gasteiger partial charge on any atom is -0.455 e. The quantitative estimate of drug-likeness (QED) is 0.419. The second-order valence-corrected chi connectivity index (χ2v) is 11.4. The van der Waals surface area contributed by atoms with Crippen molar-refractivity contribution >= 4 is 58.2 Å². The van der Waals surface area contributed by atoms with Gasteiger partial charge in [-0.1, -0.05) is 29.3 Å². The highest BCUT2D eigenvalue weighted by Crippen LogP contribution is 2.37. The van der Waals surface area contributed by atoms with Gasteiger partial charge in [0, 0.05) is 37.2 Å². The molecule has 2 aliphatic heterocycles. The molecule has 2 aromatic carbocycles. The zero-order chi connectivity index (χ0) is 29.3. The van der Waals surface area contributed by atoms with Crippen LogP contribution in [-0.2, 0) is 4.74 Å². The number of piperazine rings is 1. The van der Waals surface area contributed by atoms with E-state index in [4.69, 9.17) is 32.7 Å². The van der Waals surface area contributed by atoms with Crippen molar-refractivity contribution < 1.29 is 24.2 Å². The van der Waals surface area contributed by atoms with Crippen LogP contribution in [0.25, 0.3) is 0 Å². The van der Waals surface area contributed by atoms with E-state index in [9.17, 15) is 14.7 Å². The molecule has 3 heterocycles. The highest BCUT2D eigenvalue weighted by Gasteiger charge is 2.34. The standard InChI is InChI=1S/C28H30Cl2N6O5/c1-28(2,3)41-27(39)35-12-11-34(14-19(35)15-37)18-9-7-17(8-10-18)32-26-31-13-20-24(33-26)40-16-36(25(20)38)23-21(29)5-4-6-22(23)30/h4-10,13,19,37H,11-12,14-16H2,1-3H3,(H,31,32,33). The van der Waals surface area contributed by atoms with Crippen molar-refractivity contribution in [1.82, 2.24) is 14.9 Å². The van der Waals surface area contributed by atoms with Gasteiger partial charge in [0.05, 0.1) is 28.4 Å². The van der Waals surface area contributed by atoms with Gasteiger partial charge in [-0.2, -0.15) is 4.98 Å². The third-order valence-corrected chi connectivity index (χ3v) is 7.19. The first-order chi connectivity index (χ1) is 19.5. The van der Waals surface area contributed by atoms with Crippen LogP contribution in [0.2, 0.25) is 10.0 Å². The Balaban J connectivity index is 1.23. The summed E-state index contributed by atoms with van der Waals surface area (Å²) in [5.74, 6) is 0.0476. The first-order valence-electron chi connectivity index (χ1n) is 13.0. The van der Waals surface area contributed by atoms with E-state index in [1.165, 1.54) is 11.1 Å². The zero-order valence-corrected chi connectivity index (χ0v) is 24.3. The summed E-state index contributed by atoms with van der Waals surface area (Å²) in [6.45, 7) is 6.68. The molecule has 0 bridgehead atoms. The lowest BCUT2D eigenvalue weighted by Crippen LogP contribution is -2.57. The van der Waals surface area contributed by atoms with Crippen LogP contribution in [0.5, 0.6) is 5.88 Å². The topological polar surface area (TPSA) is 120 Å². The van der Waals surface area contributed by atoms with Gasteiger partial charge in [-0.25, -0.2) is 9.78 Å². The van der Waals surface area contributed by atoms with Crippen molar-refractivity contribution in [3.05, 3.63) is 64.3 Å². The third-order valence-electron chi connectivity index (χ3n) is 6.58. The summed E-state index contributed by atoms with van der Waals surface area (Å²) in [6, 6.07) is 12.2. The number of ether oxygens (including phenoxy) is 2. The Morgan fingerprint density at radius 2 is 1.85 bits per heavy atom. The number of nitrogens with zero attached hydrogens (tertiary/aromatic N) is 5. The molecule has 3 aromatic rings. The number of carbonyl (C=O) groups is 2. The fraction of sp³-hybridized carbons (Fsp3) is 0.357. The van der Waals surface area contributed by atoms with Crippen molar-refractivity contribution in [1.29, 1.82) is 0 Å². The lowest BCUT2D eigenvalue weighted by molar-refractivity contribution is 0.00703. The number of hydrogen-bond acceptors (Lipinski definition) is 9. The molecule has 11 nitrogen and oxygen atoms in total. The van der Waals surface area contributed by atoms with Crippen molar-refractivity contribution in [3.63, 3.8) is 0 Å².